The highest BCUT2D eigenvalue weighted by molar-refractivity contribution is 14.1. The summed E-state index contributed by atoms with van der Waals surface area (Å²) in [7, 11) is 1.64. The maximum Gasteiger partial charge on any atom is 0.133 e. The molecule has 0 aliphatic heterocycles. The summed E-state index contributed by atoms with van der Waals surface area (Å²) in [5.41, 5.74) is 1.71. The molecule has 0 radical (unpaired) electrons. The summed E-state index contributed by atoms with van der Waals surface area (Å²) in [6.07, 6.45) is 0. The first-order chi connectivity index (χ1) is 9.22. The van der Waals surface area contributed by atoms with Crippen molar-refractivity contribution in [1.82, 2.24) is 0 Å². The molecule has 0 N–H and O–H groups in total. The van der Waals surface area contributed by atoms with Gasteiger partial charge in [-0.25, -0.2) is 0 Å². The van der Waals surface area contributed by atoms with E-state index in [1.807, 2.05) is 36.4 Å². The molecular weight excluding hydrogens is 353 g/mol. The van der Waals surface area contributed by atoms with E-state index in [4.69, 9.17) is 14.7 Å². The highest BCUT2D eigenvalue weighted by Crippen LogP contribution is 2.23. The second kappa shape index (κ2) is 6.43. The summed E-state index contributed by atoms with van der Waals surface area (Å²) in [6.45, 7) is 0.492. The van der Waals surface area contributed by atoms with Crippen LogP contribution < -0.4 is 9.47 Å². The monoisotopic (exact) mass is 365 g/mol. The molecule has 96 valence electrons. The first-order valence-corrected chi connectivity index (χ1v) is 6.76. The lowest BCUT2D eigenvalue weighted by molar-refractivity contribution is 0.303. The third-order valence-corrected chi connectivity index (χ3v) is 3.46. The van der Waals surface area contributed by atoms with Crippen molar-refractivity contribution in [2.24, 2.45) is 0 Å². The van der Waals surface area contributed by atoms with Gasteiger partial charge in [0, 0.05) is 0 Å². The number of nitrogens with zero attached hydrogens (tertiary/aromatic N) is 1. The molecule has 0 saturated heterocycles. The van der Waals surface area contributed by atoms with Crippen LogP contribution in [0.3, 0.4) is 0 Å². The Bertz CT molecular complexity index is 603. The van der Waals surface area contributed by atoms with Crippen molar-refractivity contribution in [2.45, 2.75) is 6.61 Å². The van der Waals surface area contributed by atoms with Gasteiger partial charge in [0.05, 0.1) is 22.3 Å². The van der Waals surface area contributed by atoms with Crippen LogP contribution in [0.15, 0.2) is 42.5 Å². The van der Waals surface area contributed by atoms with Crippen molar-refractivity contribution in [3.63, 3.8) is 0 Å². The summed E-state index contributed by atoms with van der Waals surface area (Å²) < 4.78 is 11.8. The van der Waals surface area contributed by atoms with Gasteiger partial charge in [-0.15, -0.1) is 0 Å². The summed E-state index contributed by atoms with van der Waals surface area (Å²) in [6, 6.07) is 15.2. The van der Waals surface area contributed by atoms with Crippen LogP contribution in [0.25, 0.3) is 0 Å². The average molecular weight is 365 g/mol. The zero-order valence-electron chi connectivity index (χ0n) is 10.4. The topological polar surface area (TPSA) is 42.2 Å². The van der Waals surface area contributed by atoms with E-state index in [9.17, 15) is 0 Å². The summed E-state index contributed by atoms with van der Waals surface area (Å²) >= 11 is 2.17. The molecule has 0 heterocycles. The molecule has 4 heteroatoms. The van der Waals surface area contributed by atoms with E-state index in [0.29, 0.717) is 12.2 Å². The predicted octanol–water partition coefficient (Wildman–Crippen LogP) is 3.75. The Labute approximate surface area is 125 Å². The van der Waals surface area contributed by atoms with Crippen molar-refractivity contribution in [1.29, 1.82) is 5.26 Å². The lowest BCUT2D eigenvalue weighted by Gasteiger charge is -2.09. The Morgan fingerprint density at radius 2 is 1.89 bits per heavy atom. The van der Waals surface area contributed by atoms with Crippen molar-refractivity contribution < 1.29 is 9.47 Å². The number of ether oxygens (including phenoxy) is 2. The van der Waals surface area contributed by atoms with E-state index in [2.05, 4.69) is 28.7 Å². The maximum atomic E-state index is 8.80. The molecule has 0 amide bonds. The van der Waals surface area contributed by atoms with Gasteiger partial charge in [-0.3, -0.25) is 0 Å². The van der Waals surface area contributed by atoms with Gasteiger partial charge in [0.2, 0.25) is 0 Å². The quantitative estimate of drug-likeness (QED) is 0.775. The molecule has 2 aromatic rings. The van der Waals surface area contributed by atoms with Crippen LogP contribution >= 0.6 is 22.6 Å². The fourth-order valence-corrected chi connectivity index (χ4v) is 2.24. The highest BCUT2D eigenvalue weighted by atomic mass is 127. The zero-order valence-corrected chi connectivity index (χ0v) is 12.5. The maximum absolute atomic E-state index is 8.80. The molecule has 0 saturated carbocycles. The smallest absolute Gasteiger partial charge is 0.133 e. The molecule has 19 heavy (non-hydrogen) atoms. The van der Waals surface area contributed by atoms with Crippen LogP contribution in [0, 0.1) is 14.9 Å². The van der Waals surface area contributed by atoms with Crippen molar-refractivity contribution >= 4 is 22.6 Å². The number of hydrogen-bond donors (Lipinski definition) is 0. The third kappa shape index (κ3) is 3.61. The minimum absolute atomic E-state index is 0.492. The number of methoxy groups -OCH3 is 1. The molecule has 0 fully saturated rings. The highest BCUT2D eigenvalue weighted by Gasteiger charge is 2.03. The van der Waals surface area contributed by atoms with Gasteiger partial charge in [-0.2, -0.15) is 5.26 Å². The number of rotatable bonds is 4. The minimum atomic E-state index is 0.492. The van der Waals surface area contributed by atoms with E-state index in [0.717, 1.165) is 20.6 Å². The summed E-state index contributed by atoms with van der Waals surface area (Å²) in [4.78, 5) is 0. The summed E-state index contributed by atoms with van der Waals surface area (Å²) in [5.74, 6) is 1.62. The van der Waals surface area contributed by atoms with E-state index in [1.165, 1.54) is 0 Å². The van der Waals surface area contributed by atoms with Crippen molar-refractivity contribution in [3.05, 3.63) is 57.2 Å². The molecule has 0 aromatic heterocycles. The summed E-state index contributed by atoms with van der Waals surface area (Å²) in [5, 5.41) is 8.80. The van der Waals surface area contributed by atoms with Gasteiger partial charge in [0.25, 0.3) is 0 Å². The Hall–Kier alpha value is -1.74. The second-order valence-corrected chi connectivity index (χ2v) is 5.06. The third-order valence-electron chi connectivity index (χ3n) is 2.61. The van der Waals surface area contributed by atoms with Gasteiger partial charge in [-0.05, 0) is 58.5 Å². The fourth-order valence-electron chi connectivity index (χ4n) is 1.57. The number of halogens is 1. The second-order valence-electron chi connectivity index (χ2n) is 3.89. The van der Waals surface area contributed by atoms with E-state index >= 15 is 0 Å². The normalized spacial score (nSPS) is 9.74. The number of nitriles is 1. The Balaban J connectivity index is 2.04. The number of benzene rings is 2. The molecular formula is C15H12INO2. The first kappa shape index (κ1) is 13.7. The van der Waals surface area contributed by atoms with E-state index < -0.39 is 0 Å². The van der Waals surface area contributed by atoms with Crippen LogP contribution in [-0.4, -0.2) is 7.11 Å². The lowest BCUT2D eigenvalue weighted by Crippen LogP contribution is -1.97. The molecule has 2 rings (SSSR count). The minimum Gasteiger partial charge on any atom is -0.497 e. The van der Waals surface area contributed by atoms with Gasteiger partial charge >= 0.3 is 0 Å². The first-order valence-electron chi connectivity index (χ1n) is 5.68. The molecule has 0 spiro atoms. The zero-order chi connectivity index (χ0) is 13.7. The molecule has 0 unspecified atom stereocenters. The van der Waals surface area contributed by atoms with Crippen molar-refractivity contribution in [3.8, 4) is 17.6 Å². The van der Waals surface area contributed by atoms with Gasteiger partial charge in [0.1, 0.15) is 18.1 Å². The SMILES string of the molecule is COc1ccc(COc2ccc(C#N)cc2I)cc1. The number of hydrogen-bond acceptors (Lipinski definition) is 3. The lowest BCUT2D eigenvalue weighted by atomic mass is 10.2. The van der Waals surface area contributed by atoms with Crippen LogP contribution in [0.5, 0.6) is 11.5 Å². The van der Waals surface area contributed by atoms with Crippen LogP contribution in [-0.2, 0) is 6.61 Å². The largest absolute Gasteiger partial charge is 0.497 e. The van der Waals surface area contributed by atoms with Gasteiger partial charge < -0.3 is 9.47 Å². The van der Waals surface area contributed by atoms with Gasteiger partial charge in [0.15, 0.2) is 0 Å². The Morgan fingerprint density at radius 3 is 2.47 bits per heavy atom. The molecule has 3 nitrogen and oxygen atoms in total. The molecule has 0 atom stereocenters. The molecule has 0 aliphatic rings. The van der Waals surface area contributed by atoms with E-state index in [-0.39, 0.29) is 0 Å². The standard InChI is InChI=1S/C15H12INO2/c1-18-13-5-2-11(3-6-13)10-19-15-7-4-12(9-17)8-14(15)16/h2-8H,10H2,1H3. The molecule has 2 aromatic carbocycles. The molecule has 0 bridgehead atoms. The van der Waals surface area contributed by atoms with Crippen LogP contribution in [0.1, 0.15) is 11.1 Å². The van der Waals surface area contributed by atoms with Crippen LogP contribution in [0.2, 0.25) is 0 Å². The molecule has 0 aliphatic carbocycles. The predicted molar refractivity (Wildman–Crippen MR) is 81.2 cm³/mol. The average Bonchev–Trinajstić information content (AvgIpc) is 2.46. The van der Waals surface area contributed by atoms with Crippen molar-refractivity contribution in [2.75, 3.05) is 7.11 Å². The van der Waals surface area contributed by atoms with E-state index in [1.54, 1.807) is 13.2 Å². The Morgan fingerprint density at radius 1 is 1.16 bits per heavy atom. The van der Waals surface area contributed by atoms with Crippen LogP contribution in [0.4, 0.5) is 0 Å². The fraction of sp³-hybridized carbons (Fsp3) is 0.133. The Kier molecular flexibility index (Phi) is 4.63. The van der Waals surface area contributed by atoms with Gasteiger partial charge in [-0.1, -0.05) is 12.1 Å².